The Kier molecular flexibility index (Phi) is 5.73. The van der Waals surface area contributed by atoms with Crippen LogP contribution < -0.4 is 0 Å². The van der Waals surface area contributed by atoms with E-state index < -0.39 is 20.9 Å². The molecular weight excluding hydrogens is 387 g/mol. The number of benzene rings is 3. The van der Waals surface area contributed by atoms with Crippen LogP contribution in [0.2, 0.25) is 5.02 Å². The third-order valence-corrected chi connectivity index (χ3v) is 6.59. The molecule has 0 spiro atoms. The Labute approximate surface area is 162 Å². The fraction of sp³-hybridized carbons (Fsp3) is 0.0952. The third kappa shape index (κ3) is 4.43. The lowest BCUT2D eigenvalue weighted by Gasteiger charge is -2.18. The van der Waals surface area contributed by atoms with Gasteiger partial charge in [-0.3, -0.25) is 4.79 Å². The number of sulfone groups is 1. The summed E-state index contributed by atoms with van der Waals surface area (Å²) < 4.78 is 39.5. The number of halogens is 2. The van der Waals surface area contributed by atoms with Crippen molar-refractivity contribution < 1.29 is 17.6 Å². The highest BCUT2D eigenvalue weighted by molar-refractivity contribution is 7.91. The van der Waals surface area contributed by atoms with E-state index in [9.17, 15) is 17.6 Å². The smallest absolute Gasteiger partial charge is 0.185 e. The number of carbonyl (C=O) groups is 1. The molecule has 3 rings (SSSR count). The van der Waals surface area contributed by atoms with Gasteiger partial charge in [0.25, 0.3) is 0 Å². The van der Waals surface area contributed by atoms with Crippen LogP contribution in [0, 0.1) is 5.82 Å². The quantitative estimate of drug-likeness (QED) is 0.528. The third-order valence-electron chi connectivity index (χ3n) is 4.23. The maximum absolute atomic E-state index is 13.2. The lowest BCUT2D eigenvalue weighted by atomic mass is 10.0. The summed E-state index contributed by atoms with van der Waals surface area (Å²) in [5.74, 6) is -0.841. The highest BCUT2D eigenvalue weighted by Crippen LogP contribution is 2.33. The van der Waals surface area contributed by atoms with E-state index in [2.05, 4.69) is 0 Å². The first kappa shape index (κ1) is 19.3. The standard InChI is InChI=1S/C21H16ClFO3S/c22-17-10-6-16(7-11-17)21(27(25,26)19-4-2-1-3-5-19)14-20(24)15-8-12-18(23)13-9-15/h1-13,21H,14H2. The molecule has 138 valence electrons. The molecule has 0 heterocycles. The van der Waals surface area contributed by atoms with Crippen molar-refractivity contribution in [2.75, 3.05) is 0 Å². The summed E-state index contributed by atoms with van der Waals surface area (Å²) in [5, 5.41) is -0.603. The highest BCUT2D eigenvalue weighted by atomic mass is 35.5. The van der Waals surface area contributed by atoms with E-state index in [-0.39, 0.29) is 22.7 Å². The molecule has 0 aliphatic carbocycles. The first-order valence-corrected chi connectivity index (χ1v) is 10.1. The molecule has 0 aromatic heterocycles. The molecular formula is C21H16ClFO3S. The zero-order chi connectivity index (χ0) is 19.4. The Hall–Kier alpha value is -2.50. The van der Waals surface area contributed by atoms with Gasteiger partial charge in [-0.25, -0.2) is 12.8 Å². The van der Waals surface area contributed by atoms with Crippen molar-refractivity contribution >= 4 is 27.2 Å². The average molecular weight is 403 g/mol. The molecule has 0 N–H and O–H groups in total. The molecule has 0 aliphatic rings. The Morgan fingerprint density at radius 1 is 0.889 bits per heavy atom. The van der Waals surface area contributed by atoms with Crippen LogP contribution in [0.3, 0.4) is 0 Å². The van der Waals surface area contributed by atoms with Gasteiger partial charge in [0.2, 0.25) is 0 Å². The summed E-state index contributed by atoms with van der Waals surface area (Å²) in [6, 6.07) is 19.4. The van der Waals surface area contributed by atoms with Crippen LogP contribution in [0.4, 0.5) is 4.39 Å². The number of ketones is 1. The summed E-state index contributed by atoms with van der Waals surface area (Å²) in [6.07, 6.45) is -0.259. The molecule has 0 saturated heterocycles. The Bertz CT molecular complexity index is 1030. The molecule has 0 radical (unpaired) electrons. The maximum Gasteiger partial charge on any atom is 0.185 e. The molecule has 1 unspecified atom stereocenters. The van der Waals surface area contributed by atoms with Crippen molar-refractivity contribution in [3.05, 3.63) is 101 Å². The minimum atomic E-state index is -3.82. The normalized spacial score (nSPS) is 12.5. The molecule has 1 atom stereocenters. The van der Waals surface area contributed by atoms with Crippen LogP contribution in [0.25, 0.3) is 0 Å². The lowest BCUT2D eigenvalue weighted by Crippen LogP contribution is -2.18. The summed E-state index contributed by atoms with van der Waals surface area (Å²) in [6.45, 7) is 0. The highest BCUT2D eigenvalue weighted by Gasteiger charge is 2.31. The number of rotatable bonds is 6. The minimum absolute atomic E-state index is 0.136. The van der Waals surface area contributed by atoms with Crippen molar-refractivity contribution in [1.29, 1.82) is 0 Å². The topological polar surface area (TPSA) is 51.2 Å². The van der Waals surface area contributed by atoms with E-state index >= 15 is 0 Å². The Morgan fingerprint density at radius 3 is 2.07 bits per heavy atom. The molecule has 0 saturated carbocycles. The number of Topliss-reactive ketones (excluding diaryl/α,β-unsaturated/α-hetero) is 1. The Morgan fingerprint density at radius 2 is 1.48 bits per heavy atom. The van der Waals surface area contributed by atoms with E-state index in [4.69, 9.17) is 11.6 Å². The van der Waals surface area contributed by atoms with E-state index in [0.717, 1.165) is 0 Å². The van der Waals surface area contributed by atoms with Gasteiger partial charge in [0.15, 0.2) is 15.6 Å². The predicted octanol–water partition coefficient (Wildman–Crippen LogP) is 5.27. The predicted molar refractivity (Wildman–Crippen MR) is 103 cm³/mol. The van der Waals surface area contributed by atoms with E-state index in [1.807, 2.05) is 0 Å². The maximum atomic E-state index is 13.2. The SMILES string of the molecule is O=C(CC(c1ccc(Cl)cc1)S(=O)(=O)c1ccccc1)c1ccc(F)cc1. The van der Waals surface area contributed by atoms with E-state index in [0.29, 0.717) is 10.6 Å². The monoisotopic (exact) mass is 402 g/mol. The molecule has 0 fully saturated rings. The molecule has 0 amide bonds. The fourth-order valence-corrected chi connectivity index (χ4v) is 4.66. The summed E-state index contributed by atoms with van der Waals surface area (Å²) in [4.78, 5) is 12.8. The number of hydrogen-bond donors (Lipinski definition) is 0. The molecule has 0 aliphatic heterocycles. The van der Waals surface area contributed by atoms with Crippen molar-refractivity contribution in [3.8, 4) is 0 Å². The van der Waals surface area contributed by atoms with Crippen LogP contribution in [-0.2, 0) is 9.84 Å². The molecule has 6 heteroatoms. The van der Waals surface area contributed by atoms with Gasteiger partial charge in [-0.2, -0.15) is 0 Å². The van der Waals surface area contributed by atoms with Crippen LogP contribution in [-0.4, -0.2) is 14.2 Å². The zero-order valence-electron chi connectivity index (χ0n) is 14.2. The van der Waals surface area contributed by atoms with E-state index in [1.165, 1.54) is 36.4 Å². The van der Waals surface area contributed by atoms with Gasteiger partial charge in [0, 0.05) is 17.0 Å². The van der Waals surface area contributed by atoms with Crippen LogP contribution in [0.1, 0.15) is 27.6 Å². The second kappa shape index (κ2) is 8.03. The Balaban J connectivity index is 2.01. The van der Waals surface area contributed by atoms with Crippen molar-refractivity contribution in [2.24, 2.45) is 0 Å². The van der Waals surface area contributed by atoms with Gasteiger partial charge in [-0.1, -0.05) is 41.9 Å². The van der Waals surface area contributed by atoms with Crippen LogP contribution in [0.5, 0.6) is 0 Å². The molecule has 3 nitrogen and oxygen atoms in total. The largest absolute Gasteiger partial charge is 0.294 e. The van der Waals surface area contributed by atoms with Crippen molar-refractivity contribution in [1.82, 2.24) is 0 Å². The molecule has 0 bridgehead atoms. The number of hydrogen-bond acceptors (Lipinski definition) is 3. The average Bonchev–Trinajstić information content (AvgIpc) is 2.68. The van der Waals surface area contributed by atoms with Crippen LogP contribution in [0.15, 0.2) is 83.8 Å². The van der Waals surface area contributed by atoms with Crippen LogP contribution >= 0.6 is 11.6 Å². The second-order valence-corrected chi connectivity index (χ2v) is 8.60. The van der Waals surface area contributed by atoms with Gasteiger partial charge in [-0.15, -0.1) is 0 Å². The minimum Gasteiger partial charge on any atom is -0.294 e. The summed E-state index contributed by atoms with van der Waals surface area (Å²) in [5.41, 5.74) is 0.734. The van der Waals surface area contributed by atoms with Crippen molar-refractivity contribution in [2.45, 2.75) is 16.6 Å². The van der Waals surface area contributed by atoms with Gasteiger partial charge in [-0.05, 0) is 54.1 Å². The lowest BCUT2D eigenvalue weighted by molar-refractivity contribution is 0.0980. The van der Waals surface area contributed by atoms with Crippen molar-refractivity contribution in [3.63, 3.8) is 0 Å². The molecule has 3 aromatic carbocycles. The second-order valence-electron chi connectivity index (χ2n) is 6.03. The fourth-order valence-electron chi connectivity index (χ4n) is 2.78. The number of carbonyl (C=O) groups excluding carboxylic acids is 1. The van der Waals surface area contributed by atoms with E-state index in [1.54, 1.807) is 42.5 Å². The molecule has 27 heavy (non-hydrogen) atoms. The molecule has 3 aromatic rings. The first-order chi connectivity index (χ1) is 12.9. The van der Waals surface area contributed by atoms with Gasteiger partial charge >= 0.3 is 0 Å². The zero-order valence-corrected chi connectivity index (χ0v) is 15.8. The first-order valence-electron chi connectivity index (χ1n) is 8.21. The van der Waals surface area contributed by atoms with Gasteiger partial charge < -0.3 is 0 Å². The summed E-state index contributed by atoms with van der Waals surface area (Å²) >= 11 is 5.91. The van der Waals surface area contributed by atoms with Gasteiger partial charge in [0.05, 0.1) is 10.1 Å². The van der Waals surface area contributed by atoms with Gasteiger partial charge in [0.1, 0.15) is 5.82 Å². The summed E-state index contributed by atoms with van der Waals surface area (Å²) in [7, 11) is -3.82.